The first kappa shape index (κ1) is 90.2. The topological polar surface area (TPSA) is 42.7 Å². The molecule has 7 aliphatic rings. The fraction of sp³-hybridized carbons (Fsp3) is 0.192. The van der Waals surface area contributed by atoms with Crippen molar-refractivity contribution in [1.29, 1.82) is 0 Å². The number of hydrogen-bond donors (Lipinski definition) is 0. The van der Waals surface area contributed by atoms with Crippen LogP contribution in [0.2, 0.25) is 0 Å². The molecule has 1 atom stereocenters. The molecule has 0 aliphatic heterocycles. The summed E-state index contributed by atoms with van der Waals surface area (Å²) in [6, 6.07) is 156. The first-order valence-electron chi connectivity index (χ1n) is 55.1. The lowest BCUT2D eigenvalue weighted by Gasteiger charge is -2.41. The first-order chi connectivity index (χ1) is 73.6. The molecule has 29 rings (SSSR count). The largest absolute Gasteiger partial charge is 0.456 e. The minimum absolute atomic E-state index is 0.0201. The zero-order chi connectivity index (χ0) is 100. The van der Waals surface area contributed by atoms with Crippen molar-refractivity contribution in [2.75, 3.05) is 4.90 Å². The molecule has 22 aromatic rings. The molecule has 0 saturated carbocycles. The van der Waals surface area contributed by atoms with Crippen molar-refractivity contribution in [2.24, 2.45) is 5.92 Å². The summed E-state index contributed by atoms with van der Waals surface area (Å²) in [4.78, 5) is 2.62. The van der Waals surface area contributed by atoms with Crippen molar-refractivity contribution in [3.05, 3.63) is 507 Å². The average molecular weight is 1940 g/mol. The molecule has 0 radical (unpaired) electrons. The van der Waals surface area contributed by atoms with Crippen LogP contribution in [-0.2, 0) is 32.5 Å². The van der Waals surface area contributed by atoms with Crippen LogP contribution in [-0.4, -0.2) is 0 Å². The van der Waals surface area contributed by atoms with Gasteiger partial charge in [0.2, 0.25) is 0 Å². The summed E-state index contributed by atoms with van der Waals surface area (Å²) in [7, 11) is 0. The van der Waals surface area contributed by atoms with Gasteiger partial charge in [0.1, 0.15) is 33.5 Å². The molecule has 3 heterocycles. The van der Waals surface area contributed by atoms with E-state index in [0.717, 1.165) is 106 Å². The summed E-state index contributed by atoms with van der Waals surface area (Å²) >= 11 is 0. The van der Waals surface area contributed by atoms with Crippen LogP contribution >= 0.6 is 0 Å². The Morgan fingerprint density at radius 3 is 1.17 bits per heavy atom. The molecule has 4 heteroatoms. The summed E-state index contributed by atoms with van der Waals surface area (Å²) in [5, 5.41) is 6.85. The molecule has 0 fully saturated rings. The minimum atomic E-state index is -0.814. The van der Waals surface area contributed by atoms with Crippen LogP contribution in [0.1, 0.15) is 228 Å². The second-order valence-corrected chi connectivity index (χ2v) is 45.6. The number of anilines is 3. The molecule has 3 aromatic heterocycles. The summed E-state index contributed by atoms with van der Waals surface area (Å²) in [5.41, 5.74) is 51.0. The van der Waals surface area contributed by atoms with E-state index in [9.17, 15) is 0 Å². The highest BCUT2D eigenvalue weighted by atomic mass is 16.3. The lowest BCUT2D eigenvalue weighted by molar-refractivity contribution is 0.399. The molecule has 0 N–H and O–H groups in total. The fourth-order valence-electron chi connectivity index (χ4n) is 29.7. The lowest BCUT2D eigenvalue weighted by atomic mass is 9.60. The van der Waals surface area contributed by atoms with Crippen molar-refractivity contribution in [2.45, 2.75) is 171 Å². The minimum Gasteiger partial charge on any atom is -0.456 e. The fourth-order valence-corrected chi connectivity index (χ4v) is 29.7. The number of hydrogen-bond acceptors (Lipinski definition) is 4. The van der Waals surface area contributed by atoms with Crippen LogP contribution in [0.15, 0.2) is 431 Å². The standard InChI is InChI=1S/C146H119NO3/c1-9-11-13-15-40-78-144(79-41-16-14-12-10-2)117-56-36-32-52-103(117)106-72-66-95(82-123(106)144)94-65-71-105-104-70-64-93(80-119(104)141(3,4)120(105)81-94)90-60-62-92(63-61-90)114-87-128-134(138-112-55-35-39-59-131(112)150-140(114)138)109-75-69-101(84-122(109)143(128,7)8)147(100-68-74-108-121(83-100)142(5,6)127-86-113(91-42-22-17-23-43-91)139-137(133(108)127)111-54-34-38-58-130(111)149-139)102-67-73-107-115-88-126-116(89-125(115)146(124(107)85-102,98-48-28-20-29-49-98)99-50-30-21-31-51-99)135-118(76-77-132-136(135)110-53-33-37-57-129(110)148-132)145(126,96-44-24-18-25-45-96)97-46-26-19-27-47-97/h17-39,42-77,80-87,89,126H,9-16,40-41,78-79,88H2,1-8H3. The van der Waals surface area contributed by atoms with Crippen LogP contribution in [0.4, 0.5) is 17.1 Å². The Kier molecular flexibility index (Phi) is 20.6. The lowest BCUT2D eigenvalue weighted by Crippen LogP contribution is -2.36. The van der Waals surface area contributed by atoms with Crippen LogP contribution in [0, 0.1) is 5.92 Å². The van der Waals surface area contributed by atoms with E-state index in [0.29, 0.717) is 0 Å². The van der Waals surface area contributed by atoms with Crippen molar-refractivity contribution in [3.8, 4) is 89.0 Å². The van der Waals surface area contributed by atoms with Gasteiger partial charge in [-0.05, 0) is 294 Å². The quantitative estimate of drug-likeness (QED) is 0.0599. The number of benzene rings is 19. The molecule has 7 aliphatic carbocycles. The normalized spacial score (nSPS) is 16.2. The first-order valence-corrected chi connectivity index (χ1v) is 55.1. The predicted molar refractivity (Wildman–Crippen MR) is 625 cm³/mol. The SMILES string of the molecule is CCCCCCCC1(CCCCCCC)c2ccccc2-c2ccc(-c3ccc4c(c3)C(C)(C)c3cc(-c5ccc(-c6cc7c(c8c6oc6ccccc68)-c6ccc(N(c8ccc9c(c8)C(C)(C)c8cc(-c%10ccccc%10)c%10oc%11ccccc%11c%10c8-9)c8ccc9c(c8)C(c8ccccc8)(c8ccccc8)C8=C9CC9C(=C8)c8c(ccc%10oc%11ccccc%11c8%10)C9(c8ccccc8)c8ccccc8)cc6C7(C)C)cc5)ccc3-4)cc21. The van der Waals surface area contributed by atoms with E-state index in [1.807, 2.05) is 0 Å². The maximum Gasteiger partial charge on any atom is 0.143 e. The molecule has 0 spiro atoms. The van der Waals surface area contributed by atoms with Crippen molar-refractivity contribution in [3.63, 3.8) is 0 Å². The summed E-state index contributed by atoms with van der Waals surface area (Å²) in [6.45, 7) is 19.4. The molecule has 0 amide bonds. The van der Waals surface area contributed by atoms with Gasteiger partial charge in [-0.25, -0.2) is 0 Å². The van der Waals surface area contributed by atoms with E-state index in [1.54, 1.807) is 11.1 Å². The maximum absolute atomic E-state index is 7.36. The number of furan rings is 3. The molecule has 1 unspecified atom stereocenters. The maximum atomic E-state index is 7.36. The Morgan fingerprint density at radius 1 is 0.260 bits per heavy atom. The zero-order valence-corrected chi connectivity index (χ0v) is 86.7. The highest BCUT2D eigenvalue weighted by molar-refractivity contribution is 6.21. The summed E-state index contributed by atoms with van der Waals surface area (Å²) in [5.74, 6) is -0.0272. The highest BCUT2D eigenvalue weighted by Crippen LogP contribution is 2.70. The second kappa shape index (κ2) is 34.2. The summed E-state index contributed by atoms with van der Waals surface area (Å²) < 4.78 is 21.5. The van der Waals surface area contributed by atoms with Crippen molar-refractivity contribution >= 4 is 94.0 Å². The molecule has 0 saturated heterocycles. The van der Waals surface area contributed by atoms with Crippen LogP contribution in [0.5, 0.6) is 0 Å². The van der Waals surface area contributed by atoms with Crippen LogP contribution in [0.25, 0.3) is 166 Å². The Balaban J connectivity index is 0.568. The van der Waals surface area contributed by atoms with E-state index in [-0.39, 0.29) is 16.7 Å². The van der Waals surface area contributed by atoms with Gasteiger partial charge in [-0.15, -0.1) is 0 Å². The average Bonchev–Trinajstić information content (AvgIpc) is 1.49. The summed E-state index contributed by atoms with van der Waals surface area (Å²) in [6.07, 6.45) is 18.8. The highest BCUT2D eigenvalue weighted by Gasteiger charge is 2.59. The Hall–Kier alpha value is -16.1. The van der Waals surface area contributed by atoms with Crippen molar-refractivity contribution < 1.29 is 13.3 Å². The Bertz CT molecular complexity index is 9300. The molecule has 0 bridgehead atoms. The van der Waals surface area contributed by atoms with E-state index in [4.69, 9.17) is 13.3 Å². The molecule has 150 heavy (non-hydrogen) atoms. The number of para-hydroxylation sites is 3. The van der Waals surface area contributed by atoms with Crippen molar-refractivity contribution in [1.82, 2.24) is 0 Å². The monoisotopic (exact) mass is 1930 g/mol. The number of rotatable bonds is 23. The molecule has 726 valence electrons. The molecule has 4 nitrogen and oxygen atoms in total. The number of nitrogens with zero attached hydrogens (tertiary/aromatic N) is 1. The van der Waals surface area contributed by atoms with E-state index < -0.39 is 21.7 Å². The number of unbranched alkanes of at least 4 members (excludes halogenated alkanes) is 8. The molecular formula is C146H119NO3. The van der Waals surface area contributed by atoms with E-state index >= 15 is 0 Å². The van der Waals surface area contributed by atoms with E-state index in [2.05, 4.69) is 473 Å². The predicted octanol–water partition coefficient (Wildman–Crippen LogP) is 40.0. The van der Waals surface area contributed by atoms with E-state index in [1.165, 1.54) is 244 Å². The van der Waals surface area contributed by atoms with Crippen LogP contribution in [0.3, 0.4) is 0 Å². The van der Waals surface area contributed by atoms with Gasteiger partial charge in [0.15, 0.2) is 0 Å². The molecular weight excluding hydrogens is 1820 g/mol. The Morgan fingerprint density at radius 2 is 0.647 bits per heavy atom. The molecule has 19 aromatic carbocycles. The van der Waals surface area contributed by atoms with Crippen LogP contribution < -0.4 is 4.90 Å². The second-order valence-electron chi connectivity index (χ2n) is 45.6. The Labute approximate surface area is 879 Å². The van der Waals surface area contributed by atoms with Gasteiger partial charge in [-0.3, -0.25) is 0 Å². The van der Waals surface area contributed by atoms with Gasteiger partial charge < -0.3 is 18.2 Å². The third kappa shape index (κ3) is 13.0. The van der Waals surface area contributed by atoms with Gasteiger partial charge in [0, 0.05) is 88.1 Å². The zero-order valence-electron chi connectivity index (χ0n) is 86.7. The third-order valence-corrected chi connectivity index (χ3v) is 36.8. The third-order valence-electron chi connectivity index (χ3n) is 36.8. The number of allylic oxidation sites excluding steroid dienone is 4. The number of fused-ring (bicyclic) bond motifs is 29. The van der Waals surface area contributed by atoms with Gasteiger partial charge in [-0.2, -0.15) is 0 Å². The van der Waals surface area contributed by atoms with Gasteiger partial charge in [-0.1, -0.05) is 441 Å². The smallest absolute Gasteiger partial charge is 0.143 e. The van der Waals surface area contributed by atoms with Gasteiger partial charge in [0.25, 0.3) is 0 Å². The van der Waals surface area contributed by atoms with Gasteiger partial charge >= 0.3 is 0 Å². The van der Waals surface area contributed by atoms with Gasteiger partial charge in [0.05, 0.1) is 10.8 Å².